The Balaban J connectivity index is 2.31. The molecule has 4 aromatic rings. The molecule has 0 fully saturated rings. The summed E-state index contributed by atoms with van der Waals surface area (Å²) >= 11 is 0. The highest BCUT2D eigenvalue weighted by molar-refractivity contribution is 7.80. The summed E-state index contributed by atoms with van der Waals surface area (Å²) in [5, 5.41) is 13.1. The largest absolute Gasteiger partial charge is 0.507 e. The van der Waals surface area contributed by atoms with Gasteiger partial charge in [0.2, 0.25) is 5.82 Å². The fourth-order valence-electron chi connectivity index (χ4n) is 5.54. The maximum absolute atomic E-state index is 15.6. The van der Waals surface area contributed by atoms with Gasteiger partial charge < -0.3 is 28.8 Å². The molecule has 0 saturated carbocycles. The summed E-state index contributed by atoms with van der Waals surface area (Å²) in [5.41, 5.74) is -1.68. The predicted octanol–water partition coefficient (Wildman–Crippen LogP) is 9.18. The van der Waals surface area contributed by atoms with E-state index in [0.717, 1.165) is 6.07 Å². The lowest BCUT2D eigenvalue weighted by molar-refractivity contribution is -0.116. The number of aryl methyl sites for hydroxylation is 1. The number of aromatic hydroxyl groups is 1. The monoisotopic (exact) mass is 746 g/mol. The Morgan fingerprint density at radius 3 is 1.35 bits per heavy atom. The average molecular weight is 747 g/mol. The highest BCUT2D eigenvalue weighted by Gasteiger charge is 2.36. The van der Waals surface area contributed by atoms with Gasteiger partial charge in [-0.1, -0.05) is 12.1 Å². The van der Waals surface area contributed by atoms with Gasteiger partial charge in [-0.25, -0.2) is 22.0 Å². The van der Waals surface area contributed by atoms with E-state index in [1.165, 1.54) is 6.92 Å². The lowest BCUT2D eigenvalue weighted by Crippen LogP contribution is -2.29. The first-order chi connectivity index (χ1) is 24.4. The lowest BCUT2D eigenvalue weighted by atomic mass is 9.97. The quantitative estimate of drug-likeness (QED) is 0.0566. The minimum absolute atomic E-state index is 0.0117. The topological polar surface area (TPSA) is 74.2 Å². The number of ether oxygens (including phenoxy) is 4. The number of carbonyl (C=O) groups excluding carboxylic acids is 1. The summed E-state index contributed by atoms with van der Waals surface area (Å²) in [7, 11) is -2.20. The Kier molecular flexibility index (Phi) is 13.2. The summed E-state index contributed by atoms with van der Waals surface area (Å²) in [5.74, 6) is -10.5. The van der Waals surface area contributed by atoms with Crippen LogP contribution in [0.4, 0.5) is 22.0 Å². The van der Waals surface area contributed by atoms with Crippen LogP contribution in [0.1, 0.15) is 74.3 Å². The molecular formula is C40H44F5O6P. The third kappa shape index (κ3) is 8.98. The molecule has 0 unspecified atom stereocenters. The molecular weight excluding hydrogens is 702 g/mol. The smallest absolute Gasteiger partial charge is 0.200 e. The number of halogens is 5. The van der Waals surface area contributed by atoms with Crippen molar-refractivity contribution in [3.63, 3.8) is 0 Å². The molecule has 0 aliphatic heterocycles. The first-order valence-electron chi connectivity index (χ1n) is 17.0. The zero-order chi connectivity index (χ0) is 38.6. The molecule has 0 aromatic heterocycles. The van der Waals surface area contributed by atoms with E-state index >= 15 is 8.78 Å². The van der Waals surface area contributed by atoms with E-state index in [0.29, 0.717) is 33.6 Å². The number of Topliss-reactive ketones (excluding diaryl/α,β-unsaturated/α-hetero) is 1. The molecule has 1 N–H and O–H groups in total. The van der Waals surface area contributed by atoms with Crippen LogP contribution in [-0.4, -0.2) is 35.3 Å². The van der Waals surface area contributed by atoms with Crippen molar-refractivity contribution in [2.24, 2.45) is 0 Å². The first-order valence-corrected chi connectivity index (χ1v) is 18.4. The second-order valence-corrected chi connectivity index (χ2v) is 15.4. The van der Waals surface area contributed by atoms with Crippen molar-refractivity contribution >= 4 is 29.6 Å². The predicted molar refractivity (Wildman–Crippen MR) is 194 cm³/mol. The van der Waals surface area contributed by atoms with Crippen LogP contribution in [0, 0.1) is 29.1 Å². The highest BCUT2D eigenvalue weighted by atomic mass is 31.1. The molecule has 6 nitrogen and oxygen atoms in total. The molecule has 4 aromatic carbocycles. The Morgan fingerprint density at radius 2 is 1.00 bits per heavy atom. The zero-order valence-electron chi connectivity index (χ0n) is 30.7. The molecule has 0 heterocycles. The summed E-state index contributed by atoms with van der Waals surface area (Å²) in [6.07, 6.45) is -1.39. The SMILES string of the molecule is CC(=O)CCc1cc(-c2c(F)c(F)c(F)c(F)c2F)c(O)c(P(c2c(OC(C)C)cccc2OC(C)C)c2c(OC(C)C)cccc2OC(C)C)c1. The van der Waals surface area contributed by atoms with Crippen LogP contribution in [0.5, 0.6) is 28.7 Å². The fourth-order valence-corrected chi connectivity index (χ4v) is 8.26. The summed E-state index contributed by atoms with van der Waals surface area (Å²) in [6.45, 7) is 16.0. The van der Waals surface area contributed by atoms with E-state index in [2.05, 4.69) is 0 Å². The number of rotatable bonds is 15. The van der Waals surface area contributed by atoms with Crippen molar-refractivity contribution in [3.8, 4) is 39.9 Å². The van der Waals surface area contributed by atoms with Crippen LogP contribution in [0.3, 0.4) is 0 Å². The second kappa shape index (κ2) is 17.0. The minimum Gasteiger partial charge on any atom is -0.507 e. The molecule has 0 aliphatic rings. The third-order valence-corrected chi connectivity index (χ3v) is 10.1. The van der Waals surface area contributed by atoms with Crippen molar-refractivity contribution in [2.45, 2.75) is 99.6 Å². The number of phenols is 1. The van der Waals surface area contributed by atoms with Gasteiger partial charge >= 0.3 is 0 Å². The standard InChI is InChI=1S/C40H44F5O6P/c1-20(2)48-27-12-10-13-28(49-21(3)4)39(27)52(40-29(50-22(5)6)14-11-15-30(40)51-23(7)8)31-19-25(17-16-24(9)46)18-26(38(31)47)32-33(41)35(43)37(45)36(44)34(32)42/h10-15,18-23,47H,16-17H2,1-9H3. The molecule has 0 bridgehead atoms. The summed E-state index contributed by atoms with van der Waals surface area (Å²) in [4.78, 5) is 12.2. The lowest BCUT2D eigenvalue weighted by Gasteiger charge is -2.31. The molecule has 280 valence electrons. The number of benzene rings is 4. The first kappa shape index (κ1) is 40.4. The summed E-state index contributed by atoms with van der Waals surface area (Å²) in [6, 6.07) is 13.0. The van der Waals surface area contributed by atoms with Crippen LogP contribution in [0.2, 0.25) is 0 Å². The Bertz CT molecular complexity index is 1770. The Morgan fingerprint density at radius 1 is 0.635 bits per heavy atom. The van der Waals surface area contributed by atoms with E-state index in [-0.39, 0.29) is 53.9 Å². The maximum Gasteiger partial charge on any atom is 0.200 e. The summed E-state index contributed by atoms with van der Waals surface area (Å²) < 4.78 is 100. The van der Waals surface area contributed by atoms with Gasteiger partial charge in [-0.2, -0.15) is 0 Å². The van der Waals surface area contributed by atoms with Crippen LogP contribution >= 0.6 is 7.92 Å². The number of hydrogen-bond donors (Lipinski definition) is 1. The molecule has 0 saturated heterocycles. The van der Waals surface area contributed by atoms with Crippen molar-refractivity contribution in [1.82, 2.24) is 0 Å². The molecule has 0 radical (unpaired) electrons. The van der Waals surface area contributed by atoms with Gasteiger partial charge in [-0.05, 0) is 111 Å². The van der Waals surface area contributed by atoms with Crippen LogP contribution in [0.15, 0.2) is 48.5 Å². The molecule has 52 heavy (non-hydrogen) atoms. The molecule has 4 rings (SSSR count). The average Bonchev–Trinajstić information content (AvgIpc) is 3.04. The van der Waals surface area contributed by atoms with Crippen molar-refractivity contribution in [3.05, 3.63) is 83.2 Å². The Hall–Kier alpha value is -4.37. The molecule has 0 spiro atoms. The number of ketones is 1. The van der Waals surface area contributed by atoms with Crippen LogP contribution in [-0.2, 0) is 11.2 Å². The normalized spacial score (nSPS) is 11.7. The van der Waals surface area contributed by atoms with Crippen molar-refractivity contribution in [1.29, 1.82) is 0 Å². The maximum atomic E-state index is 15.6. The Labute approximate surface area is 302 Å². The molecule has 0 atom stereocenters. The molecule has 0 amide bonds. The van der Waals surface area contributed by atoms with E-state index < -0.39 is 53.9 Å². The number of hydrogen-bond acceptors (Lipinski definition) is 6. The van der Waals surface area contributed by atoms with Crippen molar-refractivity contribution < 1.29 is 50.8 Å². The van der Waals surface area contributed by atoms with Crippen molar-refractivity contribution in [2.75, 3.05) is 0 Å². The fraction of sp³-hybridized carbons (Fsp3) is 0.375. The van der Waals surface area contributed by atoms with Gasteiger partial charge in [-0.15, -0.1) is 0 Å². The molecule has 12 heteroatoms. The van der Waals surface area contributed by atoms with Gasteiger partial charge in [0, 0.05) is 25.2 Å². The van der Waals surface area contributed by atoms with E-state index in [9.17, 15) is 23.1 Å². The van der Waals surface area contributed by atoms with Gasteiger partial charge in [-0.3, -0.25) is 0 Å². The van der Waals surface area contributed by atoms with Crippen LogP contribution in [0.25, 0.3) is 11.1 Å². The van der Waals surface area contributed by atoms with E-state index in [4.69, 9.17) is 18.9 Å². The van der Waals surface area contributed by atoms with Gasteiger partial charge in [0.1, 0.15) is 34.5 Å². The molecule has 0 aliphatic carbocycles. The van der Waals surface area contributed by atoms with Gasteiger partial charge in [0.15, 0.2) is 23.3 Å². The van der Waals surface area contributed by atoms with Gasteiger partial charge in [0.25, 0.3) is 0 Å². The minimum atomic E-state index is -2.33. The third-order valence-electron chi connectivity index (χ3n) is 7.46. The van der Waals surface area contributed by atoms with Crippen LogP contribution < -0.4 is 34.9 Å². The van der Waals surface area contributed by atoms with E-state index in [1.54, 1.807) is 42.5 Å². The van der Waals surface area contributed by atoms with Gasteiger partial charge in [0.05, 0.1) is 40.6 Å². The number of carbonyl (C=O) groups is 1. The second-order valence-electron chi connectivity index (χ2n) is 13.4. The number of phenolic OH excluding ortho intramolecular Hbond substituents is 1. The highest BCUT2D eigenvalue weighted by Crippen LogP contribution is 2.50. The van der Waals surface area contributed by atoms with E-state index in [1.807, 2.05) is 55.4 Å². The zero-order valence-corrected chi connectivity index (χ0v) is 31.6.